The van der Waals surface area contributed by atoms with Gasteiger partial charge in [0.2, 0.25) is 0 Å². The summed E-state index contributed by atoms with van der Waals surface area (Å²) in [7, 11) is 0. The van der Waals surface area contributed by atoms with Crippen LogP contribution in [0.3, 0.4) is 0 Å². The highest BCUT2D eigenvalue weighted by Gasteiger charge is 1.91. The number of carboxylic acids is 1. The van der Waals surface area contributed by atoms with Crippen molar-refractivity contribution in [2.24, 2.45) is 0 Å². The van der Waals surface area contributed by atoms with Crippen molar-refractivity contribution in [3.63, 3.8) is 0 Å². The summed E-state index contributed by atoms with van der Waals surface area (Å²) < 4.78 is 0. The molecule has 0 unspecified atom stereocenters. The van der Waals surface area contributed by atoms with E-state index in [1.54, 1.807) is 0 Å². The molecule has 0 saturated heterocycles. The minimum absolute atomic E-state index is 0.852. The highest BCUT2D eigenvalue weighted by atomic mass is 16.4. The smallest absolute Gasteiger partial charge is 0.328 e. The zero-order chi connectivity index (χ0) is 8.97. The van der Waals surface area contributed by atoms with Gasteiger partial charge in [-0.05, 0) is 17.7 Å². The SMILES string of the molecule is [NH3+]c1cccc(/C=C/C(=O)O)c1. The van der Waals surface area contributed by atoms with Crippen molar-refractivity contribution >= 4 is 17.7 Å². The molecule has 0 bridgehead atoms. The molecule has 0 atom stereocenters. The van der Waals surface area contributed by atoms with E-state index in [4.69, 9.17) is 5.11 Å². The van der Waals surface area contributed by atoms with Crippen molar-refractivity contribution in [2.45, 2.75) is 0 Å². The average Bonchev–Trinajstić information content (AvgIpc) is 2.01. The second-order valence-corrected chi connectivity index (χ2v) is 2.42. The highest BCUT2D eigenvalue weighted by Crippen LogP contribution is 2.06. The summed E-state index contributed by atoms with van der Waals surface area (Å²) in [4.78, 5) is 10.2. The summed E-state index contributed by atoms with van der Waals surface area (Å²) in [5.41, 5.74) is 5.46. The van der Waals surface area contributed by atoms with Gasteiger partial charge in [-0.15, -0.1) is 0 Å². The number of aliphatic carboxylic acids is 1. The molecule has 0 aliphatic heterocycles. The number of quaternary nitrogens is 1. The largest absolute Gasteiger partial charge is 0.478 e. The predicted molar refractivity (Wildman–Crippen MR) is 45.7 cm³/mol. The maximum atomic E-state index is 10.2. The molecule has 1 aromatic rings. The lowest BCUT2D eigenvalue weighted by Crippen LogP contribution is -2.39. The van der Waals surface area contributed by atoms with E-state index in [0.717, 1.165) is 17.3 Å². The Kier molecular flexibility index (Phi) is 2.61. The Hall–Kier alpha value is -1.61. The van der Waals surface area contributed by atoms with Crippen LogP contribution in [0, 0.1) is 0 Å². The van der Waals surface area contributed by atoms with Crippen LogP contribution in [0.1, 0.15) is 5.56 Å². The third-order valence-corrected chi connectivity index (χ3v) is 1.37. The van der Waals surface area contributed by atoms with Crippen molar-refractivity contribution in [3.8, 4) is 0 Å². The summed E-state index contributed by atoms with van der Waals surface area (Å²) in [5.74, 6) is -0.940. The van der Waals surface area contributed by atoms with E-state index in [1.165, 1.54) is 6.08 Å². The van der Waals surface area contributed by atoms with Gasteiger partial charge in [0.05, 0.1) is 0 Å². The lowest BCUT2D eigenvalue weighted by Gasteiger charge is -1.90. The van der Waals surface area contributed by atoms with E-state index >= 15 is 0 Å². The minimum Gasteiger partial charge on any atom is -0.478 e. The maximum Gasteiger partial charge on any atom is 0.328 e. The Balaban J connectivity index is 2.83. The molecule has 0 heterocycles. The fraction of sp³-hybridized carbons (Fsp3) is 0. The second-order valence-electron chi connectivity index (χ2n) is 2.42. The molecule has 0 amide bonds. The first-order valence-electron chi connectivity index (χ1n) is 3.51. The number of carbonyl (C=O) groups is 1. The quantitative estimate of drug-likeness (QED) is 0.630. The van der Waals surface area contributed by atoms with Crippen molar-refractivity contribution < 1.29 is 15.6 Å². The number of rotatable bonds is 2. The van der Waals surface area contributed by atoms with Crippen LogP contribution in [0.4, 0.5) is 5.69 Å². The van der Waals surface area contributed by atoms with E-state index in [0.29, 0.717) is 0 Å². The van der Waals surface area contributed by atoms with E-state index in [-0.39, 0.29) is 0 Å². The lowest BCUT2D eigenvalue weighted by atomic mass is 10.2. The van der Waals surface area contributed by atoms with Gasteiger partial charge in [-0.2, -0.15) is 0 Å². The molecular weight excluding hydrogens is 154 g/mol. The third kappa shape index (κ3) is 2.56. The number of hydrogen-bond donors (Lipinski definition) is 2. The van der Waals surface area contributed by atoms with Crippen LogP contribution in [0.5, 0.6) is 0 Å². The van der Waals surface area contributed by atoms with Gasteiger partial charge in [0.1, 0.15) is 5.69 Å². The Morgan fingerprint density at radius 3 is 2.83 bits per heavy atom. The molecule has 0 spiro atoms. The van der Waals surface area contributed by atoms with Gasteiger partial charge >= 0.3 is 5.97 Å². The fourth-order valence-corrected chi connectivity index (χ4v) is 0.864. The molecule has 0 aromatic heterocycles. The maximum absolute atomic E-state index is 10.2. The van der Waals surface area contributed by atoms with E-state index < -0.39 is 5.97 Å². The molecule has 1 rings (SSSR count). The Morgan fingerprint density at radius 2 is 2.25 bits per heavy atom. The number of hydrogen-bond acceptors (Lipinski definition) is 1. The van der Waals surface area contributed by atoms with Crippen LogP contribution in [0.25, 0.3) is 6.08 Å². The molecule has 3 heteroatoms. The molecule has 1 aromatic carbocycles. The van der Waals surface area contributed by atoms with Crippen LogP contribution in [-0.2, 0) is 4.79 Å². The van der Waals surface area contributed by atoms with Gasteiger partial charge in [0.25, 0.3) is 0 Å². The van der Waals surface area contributed by atoms with E-state index in [9.17, 15) is 4.79 Å². The second kappa shape index (κ2) is 3.69. The fourth-order valence-electron chi connectivity index (χ4n) is 0.864. The van der Waals surface area contributed by atoms with Crippen molar-refractivity contribution in [1.29, 1.82) is 0 Å². The number of benzene rings is 1. The predicted octanol–water partition coefficient (Wildman–Crippen LogP) is 0.658. The molecule has 3 nitrogen and oxygen atoms in total. The summed E-state index contributed by atoms with van der Waals surface area (Å²) in [6.07, 6.45) is 2.64. The van der Waals surface area contributed by atoms with Crippen LogP contribution < -0.4 is 5.73 Å². The van der Waals surface area contributed by atoms with Crippen LogP contribution in [-0.4, -0.2) is 11.1 Å². The monoisotopic (exact) mass is 164 g/mol. The van der Waals surface area contributed by atoms with Gasteiger partial charge < -0.3 is 10.8 Å². The van der Waals surface area contributed by atoms with E-state index in [1.807, 2.05) is 24.3 Å². The zero-order valence-corrected chi connectivity index (χ0v) is 6.53. The molecule has 62 valence electrons. The van der Waals surface area contributed by atoms with Gasteiger partial charge in [-0.3, -0.25) is 0 Å². The van der Waals surface area contributed by atoms with Crippen LogP contribution >= 0.6 is 0 Å². The summed E-state index contributed by atoms with van der Waals surface area (Å²) in [5, 5.41) is 8.34. The van der Waals surface area contributed by atoms with Gasteiger partial charge in [-0.25, -0.2) is 4.79 Å². The third-order valence-electron chi connectivity index (χ3n) is 1.37. The van der Waals surface area contributed by atoms with Crippen LogP contribution in [0.15, 0.2) is 30.3 Å². The Morgan fingerprint density at radius 1 is 1.50 bits per heavy atom. The van der Waals surface area contributed by atoms with Gasteiger partial charge in [0, 0.05) is 12.1 Å². The first-order valence-corrected chi connectivity index (χ1v) is 3.51. The molecule has 12 heavy (non-hydrogen) atoms. The van der Waals surface area contributed by atoms with Crippen LogP contribution in [0.2, 0.25) is 0 Å². The highest BCUT2D eigenvalue weighted by molar-refractivity contribution is 5.85. The average molecular weight is 164 g/mol. The Labute approximate surface area is 70.1 Å². The molecule has 4 N–H and O–H groups in total. The summed E-state index contributed by atoms with van der Waals surface area (Å²) >= 11 is 0. The molecule has 0 saturated carbocycles. The normalized spacial score (nSPS) is 10.4. The molecule has 0 fully saturated rings. The summed E-state index contributed by atoms with van der Waals surface area (Å²) in [6.45, 7) is 0. The van der Waals surface area contributed by atoms with Crippen molar-refractivity contribution in [3.05, 3.63) is 35.9 Å². The van der Waals surface area contributed by atoms with Gasteiger partial charge in [0.15, 0.2) is 0 Å². The molecule has 0 radical (unpaired) electrons. The summed E-state index contributed by atoms with van der Waals surface area (Å²) in [6, 6.07) is 7.34. The topological polar surface area (TPSA) is 64.9 Å². The van der Waals surface area contributed by atoms with Gasteiger partial charge in [-0.1, -0.05) is 12.1 Å². The zero-order valence-electron chi connectivity index (χ0n) is 6.53. The lowest BCUT2D eigenvalue weighted by molar-refractivity contribution is -0.254. The molecule has 0 aliphatic rings. The van der Waals surface area contributed by atoms with E-state index in [2.05, 4.69) is 5.73 Å². The standard InChI is InChI=1S/C9H9NO2/c10-8-3-1-2-7(6-8)4-5-9(11)12/h1-6H,10H2,(H,11,12)/p+1/b5-4+. The molecule has 0 aliphatic carbocycles. The molecular formula is C9H10NO2+. The first-order chi connectivity index (χ1) is 5.68. The Bertz CT molecular complexity index is 318. The first kappa shape index (κ1) is 8.49. The minimum atomic E-state index is -0.940. The van der Waals surface area contributed by atoms with Crippen molar-refractivity contribution in [1.82, 2.24) is 0 Å². The number of carboxylic acid groups (broad SMARTS) is 1. The van der Waals surface area contributed by atoms with Crippen molar-refractivity contribution in [2.75, 3.05) is 0 Å².